The molecule has 0 aliphatic rings. The Hall–Kier alpha value is -1.17. The number of rotatable bonds is 4. The quantitative estimate of drug-likeness (QED) is 0.336. The lowest BCUT2D eigenvalue weighted by Gasteiger charge is -2.20. The van der Waals surface area contributed by atoms with Crippen molar-refractivity contribution in [3.05, 3.63) is 0 Å². The third-order valence-corrected chi connectivity index (χ3v) is 1.87. The van der Waals surface area contributed by atoms with Crippen molar-refractivity contribution in [2.45, 2.75) is 38.8 Å². The molecule has 0 aliphatic heterocycles. The first kappa shape index (κ1) is 16.3. The van der Waals surface area contributed by atoms with Gasteiger partial charge in [0, 0.05) is 0 Å². The van der Waals surface area contributed by atoms with E-state index >= 15 is 0 Å². The zero-order chi connectivity index (χ0) is 11.6. The summed E-state index contributed by atoms with van der Waals surface area (Å²) in [5.41, 5.74) is 8.96. The minimum Gasteiger partial charge on any atom is -0.386 e. The molecule has 0 saturated carbocycles. The number of nitrogens with two attached hydrogens (primary N) is 2. The van der Waals surface area contributed by atoms with Crippen LogP contribution in [0.2, 0.25) is 0 Å². The maximum atomic E-state index is 7.25. The molecule has 0 fully saturated rings. The second kappa shape index (κ2) is 5.06. The average Bonchev–Trinajstić information content (AvgIpc) is 2.01. The largest absolute Gasteiger partial charge is 1.00 e. The highest BCUT2D eigenvalue weighted by Gasteiger charge is 2.25. The predicted octanol–water partition coefficient (Wildman–Crippen LogP) is 1.51. The number of halogens is 1. The number of nitrogens with zero attached hydrogens (tertiary/aromatic N) is 2. The zero-order valence-electron chi connectivity index (χ0n) is 11.5. The van der Waals surface area contributed by atoms with Crippen LogP contribution in [-0.4, -0.2) is 22.7 Å². The molecule has 88 valence electrons. The molecule has 0 heterocycles. The van der Waals surface area contributed by atoms with Gasteiger partial charge in [-0.05, 0) is 27.7 Å². The van der Waals surface area contributed by atoms with Crippen molar-refractivity contribution in [1.82, 2.24) is 0 Å². The smallest absolute Gasteiger partial charge is 0.386 e. The molecule has 0 saturated heterocycles. The van der Waals surface area contributed by atoms with Crippen LogP contribution in [0.5, 0.6) is 0 Å². The molecule has 0 aromatic heterocycles. The van der Waals surface area contributed by atoms with Crippen LogP contribution in [-0.2, 0) is 0 Å². The molecule has 0 aromatic carbocycles. The van der Waals surface area contributed by atoms with Crippen LogP contribution in [0.25, 0.3) is 0 Å². The maximum Gasteiger partial charge on any atom is 1.00 e. The first-order chi connectivity index (χ1) is 6.09. The van der Waals surface area contributed by atoms with E-state index in [1.165, 1.54) is 0 Å². The number of amidine groups is 2. The van der Waals surface area contributed by atoms with Gasteiger partial charge in [0.25, 0.3) is 0 Å². The number of hydrogen-bond donors (Lipinski definition) is 4. The molecule has 0 amide bonds. The van der Waals surface area contributed by atoms with Gasteiger partial charge in [-0.2, -0.15) is 10.2 Å². The second-order valence-electron chi connectivity index (χ2n) is 4.15. The molecule has 0 bridgehead atoms. The summed E-state index contributed by atoms with van der Waals surface area (Å²) in [6.45, 7) is 6.70. The van der Waals surface area contributed by atoms with Gasteiger partial charge < -0.3 is 11.5 Å². The standard InChI is InChI=1S/C8H18N6.ClH/c1-7(2,5(9)10)13-14-8(3,4)6(11)12;/h1-4H3,(H3,9,10)(H3,11,12);1H/p+2. The minimum atomic E-state index is -0.841. The Morgan fingerprint density at radius 2 is 1.13 bits per heavy atom. The van der Waals surface area contributed by atoms with Crippen molar-refractivity contribution in [1.29, 1.82) is 10.8 Å². The summed E-state index contributed by atoms with van der Waals surface area (Å²) in [6, 6.07) is 0. The molecule has 0 spiro atoms. The molecule has 15 heavy (non-hydrogen) atoms. The first-order valence-electron chi connectivity index (χ1n) is 4.22. The highest BCUT2D eigenvalue weighted by atomic mass is 35.5. The lowest BCUT2D eigenvalue weighted by atomic mass is 10.1. The lowest BCUT2D eigenvalue weighted by Crippen LogP contribution is -2.38. The highest BCUT2D eigenvalue weighted by Crippen LogP contribution is 2.15. The summed E-state index contributed by atoms with van der Waals surface area (Å²) >= 11 is 0. The van der Waals surface area contributed by atoms with E-state index in [0.717, 1.165) is 0 Å². The van der Waals surface area contributed by atoms with E-state index in [9.17, 15) is 0 Å². The summed E-state index contributed by atoms with van der Waals surface area (Å²) in [5, 5.41) is 22.3. The fourth-order valence-corrected chi connectivity index (χ4v) is 0.358. The fourth-order valence-electron chi connectivity index (χ4n) is 0.358. The van der Waals surface area contributed by atoms with Gasteiger partial charge in [0.15, 0.2) is 0 Å². The Morgan fingerprint density at radius 1 is 0.933 bits per heavy atom. The SMILES string of the molecule is CC(C)(N=NC(C)(C)C(=N)N)C(=N)N.Cl.[H+].[H+]. The third-order valence-electron chi connectivity index (χ3n) is 1.87. The molecule has 0 rings (SSSR count). The summed E-state index contributed by atoms with van der Waals surface area (Å²) < 4.78 is 0. The highest BCUT2D eigenvalue weighted by molar-refractivity contribution is 5.87. The van der Waals surface area contributed by atoms with E-state index < -0.39 is 11.1 Å². The molecule has 0 radical (unpaired) electrons. The van der Waals surface area contributed by atoms with Crippen molar-refractivity contribution in [3.8, 4) is 0 Å². The number of azo groups is 1. The lowest BCUT2D eigenvalue weighted by molar-refractivity contribution is 0.557. The van der Waals surface area contributed by atoms with Gasteiger partial charge in [0.1, 0.15) is 22.7 Å². The predicted molar refractivity (Wildman–Crippen MR) is 66.3 cm³/mol. The van der Waals surface area contributed by atoms with Crippen molar-refractivity contribution in [2.75, 3.05) is 0 Å². The Balaban J connectivity index is -0.000000282. The topological polar surface area (TPSA) is 124 Å². The monoisotopic (exact) mass is 236 g/mol. The maximum absolute atomic E-state index is 7.25. The Labute approximate surface area is 98.9 Å². The van der Waals surface area contributed by atoms with Gasteiger partial charge in [-0.25, -0.2) is 0 Å². The van der Waals surface area contributed by atoms with Crippen molar-refractivity contribution >= 4 is 24.1 Å². The van der Waals surface area contributed by atoms with Crippen LogP contribution in [0, 0.1) is 10.8 Å². The zero-order valence-corrected chi connectivity index (χ0v) is 10.3. The summed E-state index contributed by atoms with van der Waals surface area (Å²) in [6.07, 6.45) is 0. The van der Waals surface area contributed by atoms with E-state index in [-0.39, 0.29) is 26.9 Å². The van der Waals surface area contributed by atoms with Crippen LogP contribution in [0.3, 0.4) is 0 Å². The minimum absolute atomic E-state index is 0. The summed E-state index contributed by atoms with van der Waals surface area (Å²) in [4.78, 5) is 0. The third kappa shape index (κ3) is 4.73. The molecule has 6 N–H and O–H groups in total. The van der Waals surface area contributed by atoms with Crippen molar-refractivity contribution < 1.29 is 2.85 Å². The van der Waals surface area contributed by atoms with Gasteiger partial charge in [-0.1, -0.05) is 0 Å². The van der Waals surface area contributed by atoms with Gasteiger partial charge in [0.05, 0.1) is 0 Å². The van der Waals surface area contributed by atoms with Crippen molar-refractivity contribution in [2.24, 2.45) is 21.7 Å². The second-order valence-corrected chi connectivity index (χ2v) is 4.15. The van der Waals surface area contributed by atoms with Gasteiger partial charge in [-0.15, -0.1) is 12.4 Å². The summed E-state index contributed by atoms with van der Waals surface area (Å²) in [5.74, 6) is -0.138. The van der Waals surface area contributed by atoms with E-state index in [1.807, 2.05) is 0 Å². The van der Waals surface area contributed by atoms with E-state index in [4.69, 9.17) is 22.3 Å². The van der Waals surface area contributed by atoms with Crippen LogP contribution in [0.4, 0.5) is 0 Å². The Kier molecular flexibility index (Phi) is 5.49. The van der Waals surface area contributed by atoms with E-state index in [2.05, 4.69) is 10.2 Å². The van der Waals surface area contributed by atoms with Crippen LogP contribution >= 0.6 is 12.4 Å². The molecule has 0 aliphatic carbocycles. The molecule has 0 atom stereocenters. The molecule has 0 aromatic rings. The van der Waals surface area contributed by atoms with Gasteiger partial charge in [0.2, 0.25) is 0 Å². The van der Waals surface area contributed by atoms with E-state index in [0.29, 0.717) is 0 Å². The molecule has 6 nitrogen and oxygen atoms in total. The molecule has 7 heteroatoms. The van der Waals surface area contributed by atoms with E-state index in [1.54, 1.807) is 27.7 Å². The average molecular weight is 237 g/mol. The van der Waals surface area contributed by atoms with Gasteiger partial charge >= 0.3 is 2.85 Å². The first-order valence-corrected chi connectivity index (χ1v) is 4.22. The molecular formula is C8H21ClN6+2. The summed E-state index contributed by atoms with van der Waals surface area (Å²) in [7, 11) is 0. The van der Waals surface area contributed by atoms with Crippen LogP contribution in [0.15, 0.2) is 10.2 Å². The van der Waals surface area contributed by atoms with Crippen molar-refractivity contribution in [3.63, 3.8) is 0 Å². The normalized spacial score (nSPS) is 12.3. The fraction of sp³-hybridized carbons (Fsp3) is 0.750. The van der Waals surface area contributed by atoms with Gasteiger partial charge in [-0.3, -0.25) is 10.8 Å². The van der Waals surface area contributed by atoms with Crippen LogP contribution < -0.4 is 11.5 Å². The molecule has 0 unspecified atom stereocenters. The molecular weight excluding hydrogens is 216 g/mol. The number of nitrogens with one attached hydrogen (secondary N) is 2. The number of hydrogen-bond acceptors (Lipinski definition) is 4. The Morgan fingerprint density at radius 3 is 1.27 bits per heavy atom. The van der Waals surface area contributed by atoms with Crippen LogP contribution in [0.1, 0.15) is 30.5 Å². The Bertz CT molecular complexity index is 262.